The first-order valence-electron chi connectivity index (χ1n) is 6.72. The number of rotatable bonds is 5. The van der Waals surface area contributed by atoms with Gasteiger partial charge < -0.3 is 9.47 Å². The van der Waals surface area contributed by atoms with Crippen molar-refractivity contribution in [1.29, 1.82) is 0 Å². The second-order valence-electron chi connectivity index (χ2n) is 4.99. The molecule has 0 spiro atoms. The van der Waals surface area contributed by atoms with Crippen molar-refractivity contribution in [3.63, 3.8) is 0 Å². The second-order valence-corrected chi connectivity index (χ2v) is 8.78. The Morgan fingerprint density at radius 3 is 2.19 bits per heavy atom. The first kappa shape index (κ1) is 21.2. The monoisotopic (exact) mass is 610 g/mol. The Balaban J connectivity index is 2.16. The number of carbonyl (C=O) groups is 1. The van der Waals surface area contributed by atoms with E-state index >= 15 is 0 Å². The summed E-state index contributed by atoms with van der Waals surface area (Å²) in [6.07, 6.45) is 0. The second kappa shape index (κ2) is 7.90. The molecule has 0 heterocycles. The highest BCUT2D eigenvalue weighted by Crippen LogP contribution is 2.32. The van der Waals surface area contributed by atoms with Gasteiger partial charge in [-0.05, 0) is 94.1 Å². The van der Waals surface area contributed by atoms with Crippen LogP contribution in [-0.2, 0) is 14.9 Å². The lowest BCUT2D eigenvalue weighted by atomic mass is 10.2. The van der Waals surface area contributed by atoms with Gasteiger partial charge in [0.15, 0.2) is 0 Å². The third-order valence-corrected chi connectivity index (χ3v) is 5.83. The maximum absolute atomic E-state index is 13.2. The van der Waals surface area contributed by atoms with E-state index < -0.39 is 21.3 Å². The Morgan fingerprint density at radius 1 is 1.12 bits per heavy atom. The van der Waals surface area contributed by atoms with Crippen LogP contribution in [0, 0.1) is 14.1 Å². The Hall–Kier alpha value is -1.06. The van der Waals surface area contributed by atoms with Gasteiger partial charge in [-0.15, -0.1) is 0 Å². The number of aryl methyl sites for hydroxylation is 1. The van der Waals surface area contributed by atoms with Crippen LogP contribution < -0.4 is 9.47 Å². The smallest absolute Gasteiger partial charge is 0.456 e. The molecule has 0 fully saturated rings. The molecule has 1 N–H and O–H groups in total. The number of alkyl halides is 2. The van der Waals surface area contributed by atoms with Gasteiger partial charge in [0, 0.05) is 3.57 Å². The van der Waals surface area contributed by atoms with Crippen LogP contribution in [0.3, 0.4) is 0 Å². The number of hydrogen-bond acceptors (Lipinski definition) is 5. The number of halogens is 4. The minimum Gasteiger partial charge on any atom is -0.456 e. The molecular weight excluding hydrogens is 600 g/mol. The van der Waals surface area contributed by atoms with Crippen molar-refractivity contribution in [1.82, 2.24) is 0 Å². The topological polar surface area (TPSA) is 89.9 Å². The maximum atomic E-state index is 13.2. The van der Waals surface area contributed by atoms with Crippen LogP contribution >= 0.6 is 45.2 Å². The summed E-state index contributed by atoms with van der Waals surface area (Å²) in [6, 6.07) is 8.82. The normalized spacial score (nSPS) is 11.9. The van der Waals surface area contributed by atoms with Crippen molar-refractivity contribution in [2.75, 3.05) is 0 Å². The van der Waals surface area contributed by atoms with Gasteiger partial charge >= 0.3 is 21.3 Å². The highest BCUT2D eigenvalue weighted by atomic mass is 127. The summed E-state index contributed by atoms with van der Waals surface area (Å²) in [4.78, 5) is 11.2. The summed E-state index contributed by atoms with van der Waals surface area (Å²) in [5.74, 6) is -1.79. The van der Waals surface area contributed by atoms with E-state index in [0.717, 1.165) is 24.8 Å². The molecule has 2 rings (SSSR count). The zero-order valence-corrected chi connectivity index (χ0v) is 18.0. The van der Waals surface area contributed by atoms with E-state index in [4.69, 9.17) is 9.29 Å². The molecule has 0 aliphatic heterocycles. The fourth-order valence-electron chi connectivity index (χ4n) is 1.74. The van der Waals surface area contributed by atoms with Crippen LogP contribution in [0.5, 0.6) is 17.2 Å². The number of hydrogen-bond donors (Lipinski definition) is 1. The Kier molecular flexibility index (Phi) is 6.45. The minimum atomic E-state index is -5.92. The van der Waals surface area contributed by atoms with Gasteiger partial charge in [0.25, 0.3) is 0 Å². The van der Waals surface area contributed by atoms with Gasteiger partial charge in [0.1, 0.15) is 17.2 Å². The van der Waals surface area contributed by atoms with Crippen molar-refractivity contribution in [2.24, 2.45) is 0 Å². The summed E-state index contributed by atoms with van der Waals surface area (Å²) >= 11 is 4.27. The van der Waals surface area contributed by atoms with Crippen LogP contribution in [0.4, 0.5) is 8.78 Å². The van der Waals surface area contributed by atoms with Gasteiger partial charge in [0.2, 0.25) is 0 Å². The first-order chi connectivity index (χ1) is 11.9. The number of benzene rings is 2. The molecule has 140 valence electrons. The lowest BCUT2D eigenvalue weighted by molar-refractivity contribution is -0.151. The lowest BCUT2D eigenvalue weighted by Crippen LogP contribution is -2.40. The van der Waals surface area contributed by atoms with E-state index in [-0.39, 0.29) is 5.75 Å². The van der Waals surface area contributed by atoms with Crippen molar-refractivity contribution in [3.8, 4) is 17.2 Å². The molecule has 26 heavy (non-hydrogen) atoms. The Labute approximate surface area is 174 Å². The molecule has 2 aromatic rings. The number of esters is 1. The average Bonchev–Trinajstić information content (AvgIpc) is 2.52. The van der Waals surface area contributed by atoms with Crippen LogP contribution in [0.25, 0.3) is 0 Å². The number of carbonyl (C=O) groups excluding carboxylic acids is 1. The minimum absolute atomic E-state index is 0.334. The van der Waals surface area contributed by atoms with Crippen molar-refractivity contribution < 1.29 is 36.0 Å². The molecule has 0 saturated carbocycles. The molecule has 0 saturated heterocycles. The SMILES string of the molecule is Cc1cc(I)cc(Oc2ccc(OC(=O)C(F)(F)S(=O)(=O)O)cc2)c1I. The van der Waals surface area contributed by atoms with Crippen molar-refractivity contribution >= 4 is 61.3 Å². The van der Waals surface area contributed by atoms with Gasteiger partial charge in [-0.1, -0.05) is 0 Å². The zero-order chi connectivity index (χ0) is 19.7. The summed E-state index contributed by atoms with van der Waals surface area (Å²) in [6.45, 7) is 1.93. The van der Waals surface area contributed by atoms with Gasteiger partial charge in [0.05, 0.1) is 3.57 Å². The fraction of sp³-hybridized carbons (Fsp3) is 0.133. The van der Waals surface area contributed by atoms with Crippen molar-refractivity contribution in [3.05, 3.63) is 49.1 Å². The van der Waals surface area contributed by atoms with Gasteiger partial charge in [-0.3, -0.25) is 4.55 Å². The molecule has 0 bridgehead atoms. The van der Waals surface area contributed by atoms with E-state index in [1.54, 1.807) is 0 Å². The third-order valence-electron chi connectivity index (χ3n) is 3.01. The first-order valence-corrected chi connectivity index (χ1v) is 10.3. The summed E-state index contributed by atoms with van der Waals surface area (Å²) in [5.41, 5.74) is 1.02. The largest absolute Gasteiger partial charge is 0.466 e. The summed E-state index contributed by atoms with van der Waals surface area (Å²) in [7, 11) is -5.92. The molecule has 0 radical (unpaired) electrons. The van der Waals surface area contributed by atoms with E-state index in [1.807, 2.05) is 19.1 Å². The molecule has 0 aliphatic carbocycles. The van der Waals surface area contributed by atoms with E-state index in [1.165, 1.54) is 12.1 Å². The highest BCUT2D eigenvalue weighted by Gasteiger charge is 2.54. The zero-order valence-electron chi connectivity index (χ0n) is 12.9. The van der Waals surface area contributed by atoms with Gasteiger partial charge in [-0.25, -0.2) is 4.79 Å². The molecule has 0 atom stereocenters. The molecule has 0 aliphatic rings. The van der Waals surface area contributed by atoms with Gasteiger partial charge in [-0.2, -0.15) is 17.2 Å². The maximum Gasteiger partial charge on any atom is 0.466 e. The molecule has 0 unspecified atom stereocenters. The Bertz CT molecular complexity index is 945. The fourth-order valence-corrected chi connectivity index (χ4v) is 3.17. The average molecular weight is 610 g/mol. The quantitative estimate of drug-likeness (QED) is 0.234. The van der Waals surface area contributed by atoms with E-state index in [2.05, 4.69) is 49.9 Å². The summed E-state index contributed by atoms with van der Waals surface area (Å²) < 4.78 is 67.6. The van der Waals surface area contributed by atoms with Crippen LogP contribution in [0.15, 0.2) is 36.4 Å². The van der Waals surface area contributed by atoms with E-state index in [0.29, 0.717) is 11.5 Å². The van der Waals surface area contributed by atoms with E-state index in [9.17, 15) is 22.0 Å². The van der Waals surface area contributed by atoms with Crippen molar-refractivity contribution in [2.45, 2.75) is 12.2 Å². The molecule has 11 heteroatoms. The standard InChI is InChI=1S/C15H10F2I2O6S/c1-8-6-9(18)7-12(13(8)19)24-10-2-4-11(5-3-10)25-14(20)15(16,17)26(21,22)23/h2-7H,1H3,(H,21,22,23). The molecule has 2 aromatic carbocycles. The predicted octanol–water partition coefficient (Wildman–Crippen LogP) is 4.38. The Morgan fingerprint density at radius 2 is 1.65 bits per heavy atom. The van der Waals surface area contributed by atoms with Crippen LogP contribution in [0.1, 0.15) is 5.56 Å². The van der Waals surface area contributed by atoms with Crippen LogP contribution in [0.2, 0.25) is 0 Å². The number of ether oxygens (including phenoxy) is 2. The predicted molar refractivity (Wildman–Crippen MR) is 105 cm³/mol. The third kappa shape index (κ3) is 4.80. The molecule has 6 nitrogen and oxygen atoms in total. The summed E-state index contributed by atoms with van der Waals surface area (Å²) in [5, 5.41) is -5.06. The highest BCUT2D eigenvalue weighted by molar-refractivity contribution is 14.1. The molecule has 0 amide bonds. The lowest BCUT2D eigenvalue weighted by Gasteiger charge is -2.13. The molecular formula is C15H10F2I2O6S. The molecule has 0 aromatic heterocycles. The van der Waals surface area contributed by atoms with Crippen LogP contribution in [-0.4, -0.2) is 24.2 Å².